The van der Waals surface area contributed by atoms with Gasteiger partial charge in [0.2, 0.25) is 11.8 Å². The number of fused-ring (bicyclic) bond motifs is 2. The van der Waals surface area contributed by atoms with Crippen LogP contribution in [0.1, 0.15) is 32.6 Å². The zero-order valence-electron chi connectivity index (χ0n) is 12.9. The SMILES string of the molecule is CC(=O)N(CC=O)CC(O)CN1[C@@H]2C[CH]C[C@@]1(C(N)=O)CC2. The summed E-state index contributed by atoms with van der Waals surface area (Å²) in [5.41, 5.74) is 4.91. The fourth-order valence-electron chi connectivity index (χ4n) is 3.68. The molecule has 2 aliphatic rings. The predicted molar refractivity (Wildman–Crippen MR) is 79.5 cm³/mol. The van der Waals surface area contributed by atoms with Gasteiger partial charge in [0, 0.05) is 26.1 Å². The van der Waals surface area contributed by atoms with E-state index in [1.807, 2.05) is 4.90 Å². The summed E-state index contributed by atoms with van der Waals surface area (Å²) in [6.45, 7) is 1.69. The Bertz CT molecular complexity index is 452. The summed E-state index contributed by atoms with van der Waals surface area (Å²) in [5.74, 6) is -0.611. The summed E-state index contributed by atoms with van der Waals surface area (Å²) in [4.78, 5) is 37.3. The molecule has 123 valence electrons. The maximum Gasteiger partial charge on any atom is 0.237 e. The number of amides is 2. The zero-order chi connectivity index (χ0) is 16.3. The molecule has 0 aliphatic carbocycles. The fraction of sp³-hybridized carbons (Fsp3) is 0.733. The maximum absolute atomic E-state index is 11.9. The molecule has 2 fully saturated rings. The average Bonchev–Trinajstić information content (AvgIpc) is 2.66. The van der Waals surface area contributed by atoms with Gasteiger partial charge < -0.3 is 20.5 Å². The number of carbonyl (C=O) groups is 3. The largest absolute Gasteiger partial charge is 0.390 e. The van der Waals surface area contributed by atoms with Crippen LogP contribution in [0.5, 0.6) is 0 Å². The minimum atomic E-state index is -0.818. The van der Waals surface area contributed by atoms with Gasteiger partial charge >= 0.3 is 0 Å². The summed E-state index contributed by atoms with van der Waals surface area (Å²) in [6.07, 6.45) is 5.00. The first kappa shape index (κ1) is 16.9. The van der Waals surface area contributed by atoms with Gasteiger partial charge in [0.05, 0.1) is 12.6 Å². The highest BCUT2D eigenvalue weighted by molar-refractivity contribution is 5.85. The van der Waals surface area contributed by atoms with Gasteiger partial charge in [0.15, 0.2) is 0 Å². The second-order valence-corrected chi connectivity index (χ2v) is 6.21. The maximum atomic E-state index is 11.9. The third kappa shape index (κ3) is 3.15. The lowest BCUT2D eigenvalue weighted by Crippen LogP contribution is -2.60. The van der Waals surface area contributed by atoms with Gasteiger partial charge in [-0.3, -0.25) is 14.5 Å². The number of aliphatic hydroxyl groups is 1. The number of primary amides is 1. The number of aldehydes is 1. The van der Waals surface area contributed by atoms with E-state index in [9.17, 15) is 19.5 Å². The third-order valence-corrected chi connectivity index (χ3v) is 4.84. The Kier molecular flexibility index (Phi) is 5.18. The molecular weight excluding hydrogens is 286 g/mol. The molecular formula is C15H24N3O4. The topological polar surface area (TPSA) is 104 Å². The normalized spacial score (nSPS) is 29.1. The van der Waals surface area contributed by atoms with Crippen LogP contribution < -0.4 is 5.73 Å². The van der Waals surface area contributed by atoms with E-state index >= 15 is 0 Å². The summed E-state index contributed by atoms with van der Waals surface area (Å²) in [5, 5.41) is 10.3. The van der Waals surface area contributed by atoms with Crippen LogP contribution in [0.15, 0.2) is 0 Å². The first-order chi connectivity index (χ1) is 10.4. The molecule has 3 N–H and O–H groups in total. The Morgan fingerprint density at radius 2 is 2.32 bits per heavy atom. The first-order valence-electron chi connectivity index (χ1n) is 7.66. The number of aliphatic hydroxyl groups excluding tert-OH is 1. The highest BCUT2D eigenvalue weighted by atomic mass is 16.3. The van der Waals surface area contributed by atoms with E-state index in [2.05, 4.69) is 6.42 Å². The van der Waals surface area contributed by atoms with Crippen LogP contribution in [-0.2, 0) is 14.4 Å². The first-order valence-corrected chi connectivity index (χ1v) is 7.66. The number of hydrogen-bond acceptors (Lipinski definition) is 5. The van der Waals surface area contributed by atoms with Crippen molar-refractivity contribution in [2.24, 2.45) is 5.73 Å². The molecule has 0 aromatic heterocycles. The van der Waals surface area contributed by atoms with Crippen LogP contribution in [0.25, 0.3) is 0 Å². The molecule has 1 radical (unpaired) electrons. The van der Waals surface area contributed by atoms with Crippen molar-refractivity contribution in [1.29, 1.82) is 0 Å². The van der Waals surface area contributed by atoms with Crippen LogP contribution in [0.3, 0.4) is 0 Å². The molecule has 22 heavy (non-hydrogen) atoms. The van der Waals surface area contributed by atoms with Crippen LogP contribution >= 0.6 is 0 Å². The fourth-order valence-corrected chi connectivity index (χ4v) is 3.68. The van der Waals surface area contributed by atoms with Crippen LogP contribution in [-0.4, -0.2) is 70.3 Å². The molecule has 2 heterocycles. The van der Waals surface area contributed by atoms with E-state index in [-0.39, 0.29) is 37.5 Å². The highest BCUT2D eigenvalue weighted by Crippen LogP contribution is 2.43. The molecule has 2 amide bonds. The lowest BCUT2D eigenvalue weighted by molar-refractivity contribution is -0.135. The molecule has 2 saturated heterocycles. The van der Waals surface area contributed by atoms with Crippen molar-refractivity contribution < 1.29 is 19.5 Å². The van der Waals surface area contributed by atoms with E-state index in [4.69, 9.17) is 5.73 Å². The molecule has 7 nitrogen and oxygen atoms in total. The van der Waals surface area contributed by atoms with E-state index in [1.54, 1.807) is 0 Å². The summed E-state index contributed by atoms with van der Waals surface area (Å²) in [7, 11) is 0. The molecule has 7 heteroatoms. The van der Waals surface area contributed by atoms with Crippen molar-refractivity contribution in [2.75, 3.05) is 19.6 Å². The second kappa shape index (κ2) is 6.75. The van der Waals surface area contributed by atoms with Gasteiger partial charge in [-0.05, 0) is 32.1 Å². The van der Waals surface area contributed by atoms with Crippen molar-refractivity contribution in [3.8, 4) is 0 Å². The lowest BCUT2D eigenvalue weighted by Gasteiger charge is -2.43. The average molecular weight is 310 g/mol. The van der Waals surface area contributed by atoms with Crippen molar-refractivity contribution in [2.45, 2.75) is 50.3 Å². The monoisotopic (exact) mass is 310 g/mol. The zero-order valence-corrected chi connectivity index (χ0v) is 12.9. The standard InChI is InChI=1S/C15H24N3O4/c1-11(20)17(7-8-19)9-13(21)10-18-12-3-2-5-15(18,6-4-12)14(16)22/h2,8,12-13,21H,3-7,9-10H2,1H3,(H2,16,22)/t12-,13?,15+/m1/s1. The number of hydrogen-bond donors (Lipinski definition) is 2. The second-order valence-electron chi connectivity index (χ2n) is 6.21. The van der Waals surface area contributed by atoms with Gasteiger partial charge in [-0.15, -0.1) is 0 Å². The Morgan fingerprint density at radius 1 is 1.59 bits per heavy atom. The van der Waals surface area contributed by atoms with Gasteiger partial charge in [-0.2, -0.15) is 0 Å². The van der Waals surface area contributed by atoms with Crippen molar-refractivity contribution in [1.82, 2.24) is 9.80 Å². The molecule has 0 saturated carbocycles. The molecule has 2 aliphatic heterocycles. The predicted octanol–water partition coefficient (Wildman–Crippen LogP) is -0.919. The Labute approximate surface area is 130 Å². The number of nitrogens with zero attached hydrogens (tertiary/aromatic N) is 2. The Hall–Kier alpha value is -1.47. The number of carbonyl (C=O) groups excluding carboxylic acids is 3. The summed E-state index contributed by atoms with van der Waals surface area (Å²) < 4.78 is 0. The van der Waals surface area contributed by atoms with Crippen molar-refractivity contribution in [3.63, 3.8) is 0 Å². The van der Waals surface area contributed by atoms with Gasteiger partial charge in [0.1, 0.15) is 11.8 Å². The smallest absolute Gasteiger partial charge is 0.237 e. The minimum Gasteiger partial charge on any atom is -0.390 e. The molecule has 2 rings (SSSR count). The van der Waals surface area contributed by atoms with E-state index in [1.165, 1.54) is 11.8 Å². The van der Waals surface area contributed by atoms with E-state index in [0.29, 0.717) is 19.1 Å². The molecule has 0 spiro atoms. The number of rotatable bonds is 7. The molecule has 0 aromatic rings. The van der Waals surface area contributed by atoms with Crippen molar-refractivity contribution in [3.05, 3.63) is 6.42 Å². The third-order valence-electron chi connectivity index (χ3n) is 4.84. The summed E-state index contributed by atoms with van der Waals surface area (Å²) in [6, 6.07) is 0.216. The summed E-state index contributed by atoms with van der Waals surface area (Å²) >= 11 is 0. The van der Waals surface area contributed by atoms with Crippen LogP contribution in [0.4, 0.5) is 0 Å². The van der Waals surface area contributed by atoms with E-state index < -0.39 is 11.6 Å². The van der Waals surface area contributed by atoms with E-state index in [0.717, 1.165) is 12.8 Å². The molecule has 1 unspecified atom stereocenters. The quantitative estimate of drug-likeness (QED) is 0.592. The van der Waals surface area contributed by atoms with Gasteiger partial charge in [-0.1, -0.05) is 0 Å². The molecule has 0 aromatic carbocycles. The number of β-amino-alcohol motifs (C(OH)–C–C–N with tert-alkyl or cyclic N) is 1. The van der Waals surface area contributed by atoms with Crippen LogP contribution in [0, 0.1) is 6.42 Å². The number of piperidine rings is 1. The minimum absolute atomic E-state index is 0.0371. The number of nitrogens with two attached hydrogens (primary N) is 1. The Morgan fingerprint density at radius 3 is 2.91 bits per heavy atom. The highest BCUT2D eigenvalue weighted by Gasteiger charge is 2.52. The molecule has 3 atom stereocenters. The molecule has 2 bridgehead atoms. The van der Waals surface area contributed by atoms with Gasteiger partial charge in [0.25, 0.3) is 0 Å². The van der Waals surface area contributed by atoms with Gasteiger partial charge in [-0.25, -0.2) is 0 Å². The van der Waals surface area contributed by atoms with Crippen LogP contribution in [0.2, 0.25) is 0 Å². The lowest BCUT2D eigenvalue weighted by atomic mass is 9.87. The Balaban J connectivity index is 2.03. The van der Waals surface area contributed by atoms with Crippen molar-refractivity contribution >= 4 is 18.1 Å².